The molecule has 5 heteroatoms. The normalized spacial score (nSPS) is 17.1. The van der Waals surface area contributed by atoms with E-state index < -0.39 is 6.10 Å². The van der Waals surface area contributed by atoms with Crippen molar-refractivity contribution in [2.75, 3.05) is 18.1 Å². The fraction of sp³-hybridized carbons (Fsp3) is 0.400. The molecule has 0 unspecified atom stereocenters. The summed E-state index contributed by atoms with van der Waals surface area (Å²) in [5.41, 5.74) is 1.09. The summed E-state index contributed by atoms with van der Waals surface area (Å²) in [5, 5.41) is 10.00. The van der Waals surface area contributed by atoms with Crippen LogP contribution in [0.3, 0.4) is 0 Å². The van der Waals surface area contributed by atoms with E-state index in [9.17, 15) is 9.90 Å². The summed E-state index contributed by atoms with van der Waals surface area (Å²) in [5.74, 6) is 1.96. The first kappa shape index (κ1) is 15.6. The molecule has 1 aromatic rings. The highest BCUT2D eigenvalue weighted by Crippen LogP contribution is 2.35. The molecule has 0 spiro atoms. The number of carbonyl (C=O) groups excluding carboxylic acids is 1. The molecule has 3 nitrogen and oxygen atoms in total. The molecule has 0 bridgehead atoms. The second-order valence-electron chi connectivity index (χ2n) is 4.46. The minimum atomic E-state index is -0.560. The molecule has 0 saturated heterocycles. The summed E-state index contributed by atoms with van der Waals surface area (Å²) in [6, 6.07) is 9.88. The van der Waals surface area contributed by atoms with Crippen molar-refractivity contribution in [3.8, 4) is 0 Å². The van der Waals surface area contributed by atoms with Crippen LogP contribution in [0.25, 0.3) is 0 Å². The van der Waals surface area contributed by atoms with Gasteiger partial charge in [0.05, 0.1) is 24.2 Å². The number of benzene rings is 1. The third-order valence-corrected chi connectivity index (χ3v) is 5.43. The SMILES string of the molecule is O=CC1=C(C[C@@H](O)COCc2ccccc2)SCCS1. The number of aldehydes is 1. The van der Waals surface area contributed by atoms with E-state index in [1.807, 2.05) is 30.3 Å². The number of ether oxygens (including phenoxy) is 1. The Morgan fingerprint density at radius 3 is 2.75 bits per heavy atom. The van der Waals surface area contributed by atoms with Crippen LogP contribution in [0.5, 0.6) is 0 Å². The molecule has 1 atom stereocenters. The molecule has 2 rings (SSSR count). The molecule has 0 aromatic heterocycles. The van der Waals surface area contributed by atoms with Gasteiger partial charge in [-0.15, -0.1) is 23.5 Å². The first-order valence-corrected chi connectivity index (χ1v) is 8.50. The van der Waals surface area contributed by atoms with Gasteiger partial charge in [0, 0.05) is 22.8 Å². The van der Waals surface area contributed by atoms with Crippen molar-refractivity contribution >= 4 is 29.8 Å². The number of aliphatic hydroxyl groups excluding tert-OH is 1. The Balaban J connectivity index is 1.76. The van der Waals surface area contributed by atoms with E-state index in [0.717, 1.165) is 33.2 Å². The Morgan fingerprint density at radius 1 is 1.25 bits per heavy atom. The zero-order valence-corrected chi connectivity index (χ0v) is 12.8. The number of aliphatic hydroxyl groups is 1. The average molecular weight is 310 g/mol. The largest absolute Gasteiger partial charge is 0.390 e. The van der Waals surface area contributed by atoms with Gasteiger partial charge < -0.3 is 9.84 Å². The molecule has 0 radical (unpaired) electrons. The van der Waals surface area contributed by atoms with Gasteiger partial charge in [-0.1, -0.05) is 30.3 Å². The van der Waals surface area contributed by atoms with E-state index >= 15 is 0 Å². The van der Waals surface area contributed by atoms with Gasteiger partial charge >= 0.3 is 0 Å². The van der Waals surface area contributed by atoms with Gasteiger partial charge in [-0.05, 0) is 5.56 Å². The number of thioether (sulfide) groups is 2. The monoisotopic (exact) mass is 310 g/mol. The average Bonchev–Trinajstić information content (AvgIpc) is 2.49. The quantitative estimate of drug-likeness (QED) is 0.785. The van der Waals surface area contributed by atoms with Gasteiger partial charge in [0.2, 0.25) is 0 Å². The Morgan fingerprint density at radius 2 is 2.00 bits per heavy atom. The molecule has 1 aromatic carbocycles. The number of hydrogen-bond donors (Lipinski definition) is 1. The molecular weight excluding hydrogens is 292 g/mol. The molecule has 1 heterocycles. The highest BCUT2D eigenvalue weighted by atomic mass is 32.2. The first-order valence-electron chi connectivity index (χ1n) is 6.53. The van der Waals surface area contributed by atoms with Crippen LogP contribution in [0.4, 0.5) is 0 Å². The second kappa shape index (κ2) is 8.52. The summed E-state index contributed by atoms with van der Waals surface area (Å²) in [6.45, 7) is 0.787. The molecule has 0 aliphatic carbocycles. The molecule has 108 valence electrons. The van der Waals surface area contributed by atoms with Gasteiger partial charge in [-0.3, -0.25) is 4.79 Å². The van der Waals surface area contributed by atoms with Gasteiger partial charge in [0.1, 0.15) is 0 Å². The summed E-state index contributed by atoms with van der Waals surface area (Å²) in [7, 11) is 0. The summed E-state index contributed by atoms with van der Waals surface area (Å²) in [6.07, 6.45) is 0.833. The maximum atomic E-state index is 10.9. The van der Waals surface area contributed by atoms with Crippen LogP contribution in [-0.4, -0.2) is 35.6 Å². The Labute approximate surface area is 127 Å². The van der Waals surface area contributed by atoms with E-state index in [1.165, 1.54) is 0 Å². The fourth-order valence-corrected chi connectivity index (χ4v) is 4.19. The smallest absolute Gasteiger partial charge is 0.157 e. The number of rotatable bonds is 7. The lowest BCUT2D eigenvalue weighted by atomic mass is 10.2. The molecule has 0 amide bonds. The fourth-order valence-electron chi connectivity index (χ4n) is 1.89. The second-order valence-corrected chi connectivity index (χ2v) is 6.79. The lowest BCUT2D eigenvalue weighted by Gasteiger charge is -2.18. The number of hydrogen-bond acceptors (Lipinski definition) is 5. The van der Waals surface area contributed by atoms with E-state index in [1.54, 1.807) is 23.5 Å². The van der Waals surface area contributed by atoms with E-state index in [4.69, 9.17) is 4.74 Å². The van der Waals surface area contributed by atoms with Crippen LogP contribution in [0.1, 0.15) is 12.0 Å². The number of allylic oxidation sites excluding steroid dienone is 1. The van der Waals surface area contributed by atoms with Crippen molar-refractivity contribution in [1.29, 1.82) is 0 Å². The Hall–Kier alpha value is -0.750. The van der Waals surface area contributed by atoms with Crippen molar-refractivity contribution in [2.45, 2.75) is 19.1 Å². The predicted octanol–water partition coefficient (Wildman–Crippen LogP) is 2.84. The molecular formula is C15H18O3S2. The van der Waals surface area contributed by atoms with Crippen LogP contribution < -0.4 is 0 Å². The van der Waals surface area contributed by atoms with Crippen LogP contribution >= 0.6 is 23.5 Å². The van der Waals surface area contributed by atoms with Gasteiger partial charge in [0.25, 0.3) is 0 Å². The standard InChI is InChI=1S/C15H18O3S2/c16-9-15-14(19-6-7-20-15)8-13(17)11-18-10-12-4-2-1-3-5-12/h1-5,9,13,17H,6-8,10-11H2/t13-/m1/s1. The minimum absolute atomic E-state index is 0.287. The van der Waals surface area contributed by atoms with Gasteiger partial charge in [0.15, 0.2) is 6.29 Å². The van der Waals surface area contributed by atoms with Crippen LogP contribution in [-0.2, 0) is 16.1 Å². The highest BCUT2D eigenvalue weighted by molar-refractivity contribution is 8.10. The highest BCUT2D eigenvalue weighted by Gasteiger charge is 2.17. The molecule has 0 saturated carbocycles. The third-order valence-electron chi connectivity index (χ3n) is 2.84. The van der Waals surface area contributed by atoms with E-state index in [0.29, 0.717) is 13.0 Å². The molecule has 1 aliphatic rings. The van der Waals surface area contributed by atoms with Gasteiger partial charge in [-0.25, -0.2) is 0 Å². The van der Waals surface area contributed by atoms with Crippen molar-refractivity contribution in [3.63, 3.8) is 0 Å². The van der Waals surface area contributed by atoms with Gasteiger partial charge in [-0.2, -0.15) is 0 Å². The van der Waals surface area contributed by atoms with Crippen molar-refractivity contribution < 1.29 is 14.6 Å². The predicted molar refractivity (Wildman–Crippen MR) is 84.7 cm³/mol. The topological polar surface area (TPSA) is 46.5 Å². The lowest BCUT2D eigenvalue weighted by molar-refractivity contribution is -0.104. The van der Waals surface area contributed by atoms with Crippen LogP contribution in [0.2, 0.25) is 0 Å². The third kappa shape index (κ3) is 4.98. The van der Waals surface area contributed by atoms with Crippen molar-refractivity contribution in [3.05, 3.63) is 45.7 Å². The summed E-state index contributed by atoms with van der Waals surface area (Å²) in [4.78, 5) is 12.7. The zero-order valence-electron chi connectivity index (χ0n) is 11.2. The van der Waals surface area contributed by atoms with E-state index in [2.05, 4.69) is 0 Å². The molecule has 20 heavy (non-hydrogen) atoms. The maximum absolute atomic E-state index is 10.9. The zero-order chi connectivity index (χ0) is 14.2. The lowest BCUT2D eigenvalue weighted by Crippen LogP contribution is -2.17. The van der Waals surface area contributed by atoms with Crippen molar-refractivity contribution in [1.82, 2.24) is 0 Å². The minimum Gasteiger partial charge on any atom is -0.390 e. The van der Waals surface area contributed by atoms with Crippen LogP contribution in [0, 0.1) is 0 Å². The Bertz CT molecular complexity index is 459. The van der Waals surface area contributed by atoms with E-state index in [-0.39, 0.29) is 6.61 Å². The maximum Gasteiger partial charge on any atom is 0.157 e. The van der Waals surface area contributed by atoms with Crippen LogP contribution in [0.15, 0.2) is 40.1 Å². The molecule has 1 aliphatic heterocycles. The molecule has 1 N–H and O–H groups in total. The summed E-state index contributed by atoms with van der Waals surface area (Å²) < 4.78 is 5.51. The Kier molecular flexibility index (Phi) is 6.66. The first-order chi connectivity index (χ1) is 9.79. The number of carbonyl (C=O) groups is 1. The van der Waals surface area contributed by atoms with Crippen molar-refractivity contribution in [2.24, 2.45) is 0 Å². The molecule has 0 fully saturated rings. The summed E-state index contributed by atoms with van der Waals surface area (Å²) >= 11 is 3.24.